The van der Waals surface area contributed by atoms with Crippen LogP contribution in [0.3, 0.4) is 0 Å². The molecular formula is C5H3Cl2F2N. The van der Waals surface area contributed by atoms with Crippen LogP contribution in [-0.4, -0.2) is 4.98 Å². The zero-order valence-corrected chi connectivity index (χ0v) is 6.18. The van der Waals surface area contributed by atoms with E-state index < -0.39 is 6.43 Å². The molecule has 0 aliphatic heterocycles. The van der Waals surface area contributed by atoms with Crippen molar-refractivity contribution in [3.05, 3.63) is 21.9 Å². The molecule has 0 radical (unpaired) electrons. The van der Waals surface area contributed by atoms with E-state index in [0.29, 0.717) is 0 Å². The van der Waals surface area contributed by atoms with E-state index in [9.17, 15) is 8.78 Å². The zero-order valence-electron chi connectivity index (χ0n) is 4.67. The van der Waals surface area contributed by atoms with Gasteiger partial charge in [0.2, 0.25) is 0 Å². The van der Waals surface area contributed by atoms with Gasteiger partial charge < -0.3 is 4.98 Å². The molecule has 0 fully saturated rings. The number of rotatable bonds is 1. The van der Waals surface area contributed by atoms with Crippen LogP contribution in [0.4, 0.5) is 8.78 Å². The summed E-state index contributed by atoms with van der Waals surface area (Å²) in [4.78, 5) is 2.23. The summed E-state index contributed by atoms with van der Waals surface area (Å²) >= 11 is 10.7. The van der Waals surface area contributed by atoms with E-state index in [1.165, 1.54) is 0 Å². The fourth-order valence-electron chi connectivity index (χ4n) is 0.540. The highest BCUT2D eigenvalue weighted by molar-refractivity contribution is 6.41. The molecule has 0 aromatic carbocycles. The van der Waals surface area contributed by atoms with Gasteiger partial charge in [0.25, 0.3) is 6.43 Å². The molecule has 0 spiro atoms. The second kappa shape index (κ2) is 2.76. The van der Waals surface area contributed by atoms with Crippen molar-refractivity contribution in [3.63, 3.8) is 0 Å². The number of hydrogen-bond acceptors (Lipinski definition) is 0. The van der Waals surface area contributed by atoms with Crippen molar-refractivity contribution in [3.8, 4) is 0 Å². The van der Waals surface area contributed by atoms with Gasteiger partial charge in [0.15, 0.2) is 0 Å². The fourth-order valence-corrected chi connectivity index (χ4v) is 0.868. The number of halogens is 4. The van der Waals surface area contributed by atoms with Crippen LogP contribution in [0.25, 0.3) is 0 Å². The molecule has 0 bridgehead atoms. The minimum Gasteiger partial charge on any atom is -0.344 e. The summed E-state index contributed by atoms with van der Waals surface area (Å²) in [6.45, 7) is 0. The average Bonchev–Trinajstić information content (AvgIpc) is 2.13. The number of H-pyrrole nitrogens is 1. The van der Waals surface area contributed by atoms with Crippen molar-refractivity contribution in [2.24, 2.45) is 0 Å². The second-order valence-corrected chi connectivity index (χ2v) is 2.47. The van der Waals surface area contributed by atoms with Crippen LogP contribution in [0.15, 0.2) is 6.07 Å². The van der Waals surface area contributed by atoms with E-state index in [1.54, 1.807) is 0 Å². The number of hydrogen-bond donors (Lipinski definition) is 1. The van der Waals surface area contributed by atoms with Gasteiger partial charge in [-0.1, -0.05) is 23.2 Å². The van der Waals surface area contributed by atoms with Crippen molar-refractivity contribution in [2.45, 2.75) is 6.43 Å². The Morgan fingerprint density at radius 1 is 1.40 bits per heavy atom. The first kappa shape index (κ1) is 7.82. The highest BCUT2D eigenvalue weighted by Crippen LogP contribution is 2.27. The molecule has 1 rings (SSSR count). The Hall–Kier alpha value is -0.280. The highest BCUT2D eigenvalue weighted by Gasteiger charge is 2.11. The third-order valence-electron chi connectivity index (χ3n) is 0.981. The molecule has 0 unspecified atom stereocenters. The van der Waals surface area contributed by atoms with Crippen LogP contribution in [-0.2, 0) is 0 Å². The van der Waals surface area contributed by atoms with Crippen LogP contribution in [0.2, 0.25) is 10.2 Å². The Morgan fingerprint density at radius 2 is 2.00 bits per heavy atom. The molecule has 0 saturated carbocycles. The van der Waals surface area contributed by atoms with Gasteiger partial charge in [-0.2, -0.15) is 0 Å². The molecule has 0 saturated heterocycles. The van der Waals surface area contributed by atoms with Crippen molar-refractivity contribution < 1.29 is 8.78 Å². The molecule has 56 valence electrons. The van der Waals surface area contributed by atoms with Gasteiger partial charge in [-0.15, -0.1) is 0 Å². The molecule has 0 aliphatic rings. The van der Waals surface area contributed by atoms with E-state index in [2.05, 4.69) is 4.98 Å². The molecule has 1 N–H and O–H groups in total. The largest absolute Gasteiger partial charge is 0.344 e. The van der Waals surface area contributed by atoms with Crippen LogP contribution in [0.5, 0.6) is 0 Å². The van der Waals surface area contributed by atoms with Crippen LogP contribution in [0.1, 0.15) is 12.1 Å². The molecule has 1 aromatic heterocycles. The van der Waals surface area contributed by atoms with Crippen molar-refractivity contribution >= 4 is 23.2 Å². The predicted octanol–water partition coefficient (Wildman–Crippen LogP) is 3.26. The minimum absolute atomic E-state index is 0.0527. The molecule has 0 amide bonds. The summed E-state index contributed by atoms with van der Waals surface area (Å²) in [6.07, 6.45) is -2.55. The number of aromatic amines is 1. The van der Waals surface area contributed by atoms with E-state index >= 15 is 0 Å². The lowest BCUT2D eigenvalue weighted by Gasteiger charge is -1.89. The summed E-state index contributed by atoms with van der Waals surface area (Å²) in [6, 6.07) is 1.11. The third-order valence-corrected chi connectivity index (χ3v) is 1.67. The molecular weight excluding hydrogens is 183 g/mol. The summed E-state index contributed by atoms with van der Waals surface area (Å²) < 4.78 is 23.6. The van der Waals surface area contributed by atoms with Crippen LogP contribution < -0.4 is 0 Å². The fraction of sp³-hybridized carbons (Fsp3) is 0.200. The highest BCUT2D eigenvalue weighted by atomic mass is 35.5. The Balaban J connectivity index is 2.98. The normalized spacial score (nSPS) is 10.9. The minimum atomic E-state index is -2.55. The molecule has 10 heavy (non-hydrogen) atoms. The van der Waals surface area contributed by atoms with Gasteiger partial charge in [0, 0.05) is 0 Å². The Bertz CT molecular complexity index is 214. The molecule has 1 heterocycles. The van der Waals surface area contributed by atoms with Crippen molar-refractivity contribution in [1.82, 2.24) is 4.98 Å². The van der Waals surface area contributed by atoms with Crippen molar-refractivity contribution in [1.29, 1.82) is 0 Å². The molecule has 1 aromatic rings. The summed E-state index contributed by atoms with van der Waals surface area (Å²) in [7, 11) is 0. The standard InChI is InChI=1S/C5H3Cl2F2N/c6-2-1-3(5(8)9)10-4(2)7/h1,5,10H. The Kier molecular flexibility index (Phi) is 2.16. The molecule has 0 aliphatic carbocycles. The first-order chi connectivity index (χ1) is 4.61. The lowest BCUT2D eigenvalue weighted by atomic mass is 10.5. The summed E-state index contributed by atoms with van der Waals surface area (Å²) in [5.41, 5.74) is -0.255. The monoisotopic (exact) mass is 185 g/mol. The Labute approximate surface area is 65.9 Å². The van der Waals surface area contributed by atoms with E-state index in [4.69, 9.17) is 23.2 Å². The maximum absolute atomic E-state index is 11.8. The van der Waals surface area contributed by atoms with Gasteiger partial charge in [-0.25, -0.2) is 8.78 Å². The van der Waals surface area contributed by atoms with Crippen LogP contribution >= 0.6 is 23.2 Å². The number of alkyl halides is 2. The zero-order chi connectivity index (χ0) is 7.72. The van der Waals surface area contributed by atoms with E-state index in [0.717, 1.165) is 6.07 Å². The van der Waals surface area contributed by atoms with Gasteiger partial charge >= 0.3 is 0 Å². The smallest absolute Gasteiger partial charge is 0.278 e. The van der Waals surface area contributed by atoms with Gasteiger partial charge in [0.1, 0.15) is 5.15 Å². The lowest BCUT2D eigenvalue weighted by molar-refractivity contribution is 0.147. The molecule has 1 nitrogen and oxygen atoms in total. The maximum Gasteiger partial charge on any atom is 0.278 e. The molecule has 0 atom stereocenters. The number of aromatic nitrogens is 1. The third kappa shape index (κ3) is 1.41. The quantitative estimate of drug-likeness (QED) is 0.692. The van der Waals surface area contributed by atoms with Gasteiger partial charge in [0.05, 0.1) is 10.7 Å². The summed E-state index contributed by atoms with van der Waals surface area (Å²) in [5, 5.41) is 0.175. The Morgan fingerprint density at radius 3 is 2.20 bits per heavy atom. The average molecular weight is 186 g/mol. The predicted molar refractivity (Wildman–Crippen MR) is 35.8 cm³/mol. The SMILES string of the molecule is FC(F)c1cc(Cl)c(Cl)[nH]1. The topological polar surface area (TPSA) is 15.8 Å². The first-order valence-electron chi connectivity index (χ1n) is 2.43. The maximum atomic E-state index is 11.8. The summed E-state index contributed by atoms with van der Waals surface area (Å²) in [5.74, 6) is 0. The van der Waals surface area contributed by atoms with Gasteiger partial charge in [-0.05, 0) is 6.07 Å². The second-order valence-electron chi connectivity index (χ2n) is 1.69. The first-order valence-corrected chi connectivity index (χ1v) is 3.19. The number of nitrogens with one attached hydrogen (secondary N) is 1. The molecule has 5 heteroatoms. The lowest BCUT2D eigenvalue weighted by Crippen LogP contribution is -1.80. The van der Waals surface area contributed by atoms with E-state index in [-0.39, 0.29) is 15.9 Å². The van der Waals surface area contributed by atoms with E-state index in [1.807, 2.05) is 0 Å². The van der Waals surface area contributed by atoms with Crippen LogP contribution in [0, 0.1) is 0 Å². The van der Waals surface area contributed by atoms with Gasteiger partial charge in [-0.3, -0.25) is 0 Å². The van der Waals surface area contributed by atoms with Crippen molar-refractivity contribution in [2.75, 3.05) is 0 Å².